The van der Waals surface area contributed by atoms with Crippen LogP contribution >= 0.6 is 8.03 Å². The summed E-state index contributed by atoms with van der Waals surface area (Å²) in [6.07, 6.45) is 1.70. The second-order valence-corrected chi connectivity index (χ2v) is 10.7. The Labute approximate surface area is 195 Å². The summed E-state index contributed by atoms with van der Waals surface area (Å²) in [5.41, 5.74) is 4.29. The van der Waals surface area contributed by atoms with Crippen LogP contribution in [-0.2, 0) is 19.3 Å². The third-order valence-corrected chi connectivity index (χ3v) is 6.29. The molecule has 2 N–H and O–H groups in total. The van der Waals surface area contributed by atoms with Crippen LogP contribution in [-0.4, -0.2) is 40.0 Å². The lowest BCUT2D eigenvalue weighted by Crippen LogP contribution is -2.16. The molecule has 8 heteroatoms. The summed E-state index contributed by atoms with van der Waals surface area (Å²) in [7, 11) is -2.58. The molecule has 0 aliphatic heterocycles. The van der Waals surface area contributed by atoms with E-state index in [1.807, 2.05) is 12.1 Å². The third-order valence-electron chi connectivity index (χ3n) is 5.00. The lowest BCUT2D eigenvalue weighted by Gasteiger charge is -2.23. The van der Waals surface area contributed by atoms with Gasteiger partial charge in [-0.25, -0.2) is 4.39 Å². The Balaban J connectivity index is 2.35. The second-order valence-electron chi connectivity index (χ2n) is 9.31. The summed E-state index contributed by atoms with van der Waals surface area (Å²) < 4.78 is 30.9. The topological polar surface area (TPSA) is 96.7 Å². The molecule has 0 bridgehead atoms. The number of halogens is 1. The Bertz CT molecular complexity index is 1010. The lowest BCUT2D eigenvalue weighted by molar-refractivity contribution is -0.138. The van der Waals surface area contributed by atoms with Gasteiger partial charge in [0.2, 0.25) is 0 Å². The van der Waals surface area contributed by atoms with Gasteiger partial charge in [-0.3, -0.25) is 14.3 Å². The van der Waals surface area contributed by atoms with E-state index in [0.717, 1.165) is 28.1 Å². The number of nitrogens with zero attached hydrogens (tertiary/aromatic N) is 1. The minimum absolute atomic E-state index is 0.0407. The molecule has 2 atom stereocenters. The SMILES string of the molecule is CC(C)c1nc(C(C)(C)C)cc(-c2ccc(F)cc2)c1/C=C/CO[PH](=O)C[C@@H](O)CC(=O)O. The van der Waals surface area contributed by atoms with Gasteiger partial charge in [0.1, 0.15) is 5.82 Å². The molecule has 6 nitrogen and oxygen atoms in total. The molecular weight excluding hydrogens is 444 g/mol. The van der Waals surface area contributed by atoms with Crippen LogP contribution in [0.1, 0.15) is 63.9 Å². The van der Waals surface area contributed by atoms with Gasteiger partial charge >= 0.3 is 5.97 Å². The highest BCUT2D eigenvalue weighted by atomic mass is 31.1. The van der Waals surface area contributed by atoms with Crippen LogP contribution in [0.2, 0.25) is 0 Å². The Morgan fingerprint density at radius 2 is 1.88 bits per heavy atom. The molecule has 0 saturated heterocycles. The number of aliphatic hydroxyl groups is 1. The van der Waals surface area contributed by atoms with E-state index in [4.69, 9.17) is 14.6 Å². The number of benzene rings is 1. The van der Waals surface area contributed by atoms with Crippen LogP contribution in [0.4, 0.5) is 4.39 Å². The van der Waals surface area contributed by atoms with Crippen LogP contribution in [0.25, 0.3) is 17.2 Å². The van der Waals surface area contributed by atoms with E-state index >= 15 is 0 Å². The van der Waals surface area contributed by atoms with Crippen LogP contribution in [0.5, 0.6) is 0 Å². The number of aromatic nitrogens is 1. The number of rotatable bonds is 10. The monoisotopic (exact) mass is 477 g/mol. The van der Waals surface area contributed by atoms with Crippen molar-refractivity contribution in [2.24, 2.45) is 0 Å². The van der Waals surface area contributed by atoms with Crippen LogP contribution < -0.4 is 0 Å². The average molecular weight is 478 g/mol. The van der Waals surface area contributed by atoms with Crippen LogP contribution in [0, 0.1) is 5.82 Å². The molecule has 1 aromatic heterocycles. The number of hydrogen-bond acceptors (Lipinski definition) is 5. The van der Waals surface area contributed by atoms with Gasteiger partial charge in [0.25, 0.3) is 0 Å². The van der Waals surface area contributed by atoms with Gasteiger partial charge in [-0.05, 0) is 35.2 Å². The zero-order valence-electron chi connectivity index (χ0n) is 19.8. The fraction of sp³-hybridized carbons (Fsp3) is 0.440. The number of aliphatic hydroxyl groups excluding tert-OH is 1. The molecule has 0 aliphatic carbocycles. The van der Waals surface area contributed by atoms with Gasteiger partial charge in [0.05, 0.1) is 24.8 Å². The van der Waals surface area contributed by atoms with Gasteiger partial charge in [0, 0.05) is 22.8 Å². The molecule has 0 amide bonds. The summed E-state index contributed by atoms with van der Waals surface area (Å²) in [6.45, 7) is 10.4. The number of carboxylic acid groups (broad SMARTS) is 1. The van der Waals surface area contributed by atoms with Crippen LogP contribution in [0.3, 0.4) is 0 Å². The molecule has 180 valence electrons. The molecule has 2 rings (SSSR count). The van der Waals surface area contributed by atoms with E-state index < -0.39 is 26.5 Å². The Morgan fingerprint density at radius 3 is 2.42 bits per heavy atom. The molecule has 1 unspecified atom stereocenters. The van der Waals surface area contributed by atoms with Crippen molar-refractivity contribution >= 4 is 20.1 Å². The molecule has 0 spiro atoms. The minimum atomic E-state index is -2.58. The van der Waals surface area contributed by atoms with Crippen molar-refractivity contribution in [2.75, 3.05) is 12.8 Å². The first kappa shape index (κ1) is 26.9. The molecule has 33 heavy (non-hydrogen) atoms. The van der Waals surface area contributed by atoms with E-state index in [9.17, 15) is 18.9 Å². The van der Waals surface area contributed by atoms with Crippen molar-refractivity contribution in [2.45, 2.75) is 58.5 Å². The third kappa shape index (κ3) is 8.18. The smallest absolute Gasteiger partial charge is 0.305 e. The first-order chi connectivity index (χ1) is 15.4. The van der Waals surface area contributed by atoms with Crippen molar-refractivity contribution in [3.8, 4) is 11.1 Å². The first-order valence-corrected chi connectivity index (χ1v) is 12.4. The standard InChI is InChI=1S/C25H33FNO5P/c1-16(2)24-20(7-6-12-32-33(31)15-19(28)13-23(29)30)21(14-22(27-24)25(3,4)5)17-8-10-18(26)11-9-17/h6-11,14,16,19,28,33H,12-13,15H2,1-5H3,(H,29,30)/b7-6+/t19-/m0/s1. The summed E-state index contributed by atoms with van der Waals surface area (Å²) in [4.78, 5) is 15.5. The molecule has 0 saturated carbocycles. The largest absolute Gasteiger partial charge is 0.481 e. The number of hydrogen-bond donors (Lipinski definition) is 2. The van der Waals surface area contributed by atoms with E-state index in [2.05, 4.69) is 34.6 Å². The number of carboxylic acids is 1. The maximum Gasteiger partial charge on any atom is 0.305 e. The minimum Gasteiger partial charge on any atom is -0.481 e. The predicted octanol–water partition coefficient (Wildman–Crippen LogP) is 5.65. The van der Waals surface area contributed by atoms with Gasteiger partial charge in [-0.2, -0.15) is 0 Å². The van der Waals surface area contributed by atoms with E-state index in [-0.39, 0.29) is 29.9 Å². The zero-order chi connectivity index (χ0) is 24.8. The van der Waals surface area contributed by atoms with E-state index in [1.54, 1.807) is 18.2 Å². The molecule has 1 heterocycles. The Morgan fingerprint density at radius 1 is 1.24 bits per heavy atom. The summed E-state index contributed by atoms with van der Waals surface area (Å²) in [5, 5.41) is 18.3. The molecule has 0 aliphatic rings. The van der Waals surface area contributed by atoms with Gasteiger partial charge in [0.15, 0.2) is 8.03 Å². The second kappa shape index (κ2) is 11.7. The first-order valence-electron chi connectivity index (χ1n) is 10.9. The van der Waals surface area contributed by atoms with Crippen molar-refractivity contribution < 1.29 is 28.5 Å². The lowest BCUT2D eigenvalue weighted by atomic mass is 9.86. The average Bonchev–Trinajstić information content (AvgIpc) is 2.69. The Hall–Kier alpha value is -2.34. The summed E-state index contributed by atoms with van der Waals surface area (Å²) in [6, 6.07) is 8.33. The van der Waals surface area contributed by atoms with E-state index in [1.165, 1.54) is 12.1 Å². The van der Waals surface area contributed by atoms with Crippen LogP contribution in [0.15, 0.2) is 36.4 Å². The molecule has 1 aromatic carbocycles. The number of pyridine rings is 1. The molecule has 0 fully saturated rings. The molecule has 0 radical (unpaired) electrons. The maximum absolute atomic E-state index is 13.5. The van der Waals surface area contributed by atoms with E-state index in [0.29, 0.717) is 0 Å². The number of aliphatic carboxylic acids is 1. The van der Waals surface area contributed by atoms with Crippen molar-refractivity contribution in [1.29, 1.82) is 0 Å². The van der Waals surface area contributed by atoms with Crippen molar-refractivity contribution in [3.63, 3.8) is 0 Å². The highest BCUT2D eigenvalue weighted by molar-refractivity contribution is 7.39. The number of carbonyl (C=O) groups is 1. The van der Waals surface area contributed by atoms with Gasteiger partial charge in [-0.1, -0.05) is 58.9 Å². The van der Waals surface area contributed by atoms with Gasteiger partial charge < -0.3 is 14.7 Å². The fourth-order valence-electron chi connectivity index (χ4n) is 3.27. The molecular formula is C25H33FNO5P. The highest BCUT2D eigenvalue weighted by Crippen LogP contribution is 2.35. The maximum atomic E-state index is 13.5. The molecule has 2 aromatic rings. The Kier molecular flexibility index (Phi) is 9.53. The highest BCUT2D eigenvalue weighted by Gasteiger charge is 2.22. The fourth-order valence-corrected chi connectivity index (χ4v) is 4.20. The van der Waals surface area contributed by atoms with Crippen molar-refractivity contribution in [1.82, 2.24) is 4.98 Å². The normalized spacial score (nSPS) is 14.1. The van der Waals surface area contributed by atoms with Gasteiger partial charge in [-0.15, -0.1) is 0 Å². The van der Waals surface area contributed by atoms with Crippen molar-refractivity contribution in [3.05, 3.63) is 59.2 Å². The quantitative estimate of drug-likeness (QED) is 0.430. The predicted molar refractivity (Wildman–Crippen MR) is 130 cm³/mol. The summed E-state index contributed by atoms with van der Waals surface area (Å²) >= 11 is 0. The summed E-state index contributed by atoms with van der Waals surface area (Å²) in [5.74, 6) is -1.34. The zero-order valence-corrected chi connectivity index (χ0v) is 20.8.